The molecule has 0 spiro atoms. The molecule has 0 saturated heterocycles. The number of fused-ring (bicyclic) bond motifs is 1. The minimum absolute atomic E-state index is 0.117. The second kappa shape index (κ2) is 5.67. The van der Waals surface area contributed by atoms with Crippen LogP contribution in [0.4, 0.5) is 11.5 Å². The summed E-state index contributed by atoms with van der Waals surface area (Å²) >= 11 is 0. The second-order valence-corrected chi connectivity index (χ2v) is 5.54. The first-order chi connectivity index (χ1) is 10.6. The highest BCUT2D eigenvalue weighted by atomic mass is 16.4. The van der Waals surface area contributed by atoms with E-state index in [4.69, 9.17) is 4.42 Å². The molecule has 1 aliphatic carbocycles. The summed E-state index contributed by atoms with van der Waals surface area (Å²) in [7, 11) is 3.51. The topological polar surface area (TPSA) is 91.2 Å². The SMILES string of the molecule is CN(C)c1nc[nH]c(=O)c1NC(=O)c1cc2c(o1)CCCC2. The normalized spacial score (nSPS) is 13.5. The van der Waals surface area contributed by atoms with Crippen molar-refractivity contribution < 1.29 is 9.21 Å². The molecule has 0 radical (unpaired) electrons. The number of amides is 1. The maximum Gasteiger partial charge on any atom is 0.291 e. The summed E-state index contributed by atoms with van der Waals surface area (Å²) in [4.78, 5) is 32.5. The number of aromatic nitrogens is 2. The number of aromatic amines is 1. The number of hydrogen-bond acceptors (Lipinski definition) is 5. The van der Waals surface area contributed by atoms with Crippen LogP contribution in [0.15, 0.2) is 21.6 Å². The van der Waals surface area contributed by atoms with E-state index in [1.807, 2.05) is 0 Å². The summed E-state index contributed by atoms with van der Waals surface area (Å²) in [5.74, 6) is 1.08. The number of anilines is 2. The molecular formula is C15H18N4O3. The Morgan fingerprint density at radius 2 is 2.14 bits per heavy atom. The number of nitrogens with one attached hydrogen (secondary N) is 2. The number of carbonyl (C=O) groups is 1. The van der Waals surface area contributed by atoms with Gasteiger partial charge in [-0.15, -0.1) is 0 Å². The zero-order valence-corrected chi connectivity index (χ0v) is 12.6. The van der Waals surface area contributed by atoms with Crippen LogP contribution in [0.1, 0.15) is 34.7 Å². The maximum absolute atomic E-state index is 12.4. The Labute approximate surface area is 127 Å². The lowest BCUT2D eigenvalue weighted by atomic mass is 9.99. The minimum atomic E-state index is -0.434. The third-order valence-electron chi connectivity index (χ3n) is 3.72. The van der Waals surface area contributed by atoms with Gasteiger partial charge in [-0.05, 0) is 30.9 Å². The Balaban J connectivity index is 1.89. The fourth-order valence-electron chi connectivity index (χ4n) is 2.62. The highest BCUT2D eigenvalue weighted by molar-refractivity contribution is 6.03. The van der Waals surface area contributed by atoms with Crippen LogP contribution in [-0.2, 0) is 12.8 Å². The molecule has 0 aliphatic heterocycles. The van der Waals surface area contributed by atoms with E-state index < -0.39 is 11.5 Å². The molecule has 7 nitrogen and oxygen atoms in total. The van der Waals surface area contributed by atoms with Gasteiger partial charge >= 0.3 is 0 Å². The van der Waals surface area contributed by atoms with Crippen LogP contribution in [0.2, 0.25) is 0 Å². The Kier molecular flexibility index (Phi) is 3.70. The quantitative estimate of drug-likeness (QED) is 0.898. The van der Waals surface area contributed by atoms with E-state index in [2.05, 4.69) is 15.3 Å². The monoisotopic (exact) mass is 302 g/mol. The van der Waals surface area contributed by atoms with E-state index in [1.54, 1.807) is 25.1 Å². The number of H-pyrrole nitrogens is 1. The Morgan fingerprint density at radius 3 is 2.86 bits per heavy atom. The van der Waals surface area contributed by atoms with E-state index in [-0.39, 0.29) is 11.4 Å². The van der Waals surface area contributed by atoms with Gasteiger partial charge in [-0.25, -0.2) is 4.98 Å². The molecule has 3 rings (SSSR count). The molecule has 116 valence electrons. The number of hydrogen-bond donors (Lipinski definition) is 2. The second-order valence-electron chi connectivity index (χ2n) is 5.54. The zero-order chi connectivity index (χ0) is 15.7. The molecule has 0 fully saturated rings. The number of rotatable bonds is 3. The molecule has 0 unspecified atom stereocenters. The number of furan rings is 1. The van der Waals surface area contributed by atoms with Crippen LogP contribution in [0.3, 0.4) is 0 Å². The van der Waals surface area contributed by atoms with Crippen molar-refractivity contribution in [2.75, 3.05) is 24.3 Å². The average molecular weight is 302 g/mol. The molecule has 0 aromatic carbocycles. The molecular weight excluding hydrogens is 284 g/mol. The van der Waals surface area contributed by atoms with E-state index in [0.29, 0.717) is 5.82 Å². The molecule has 2 N–H and O–H groups in total. The third kappa shape index (κ3) is 2.61. The van der Waals surface area contributed by atoms with Gasteiger partial charge in [0.1, 0.15) is 5.76 Å². The molecule has 1 aliphatic rings. The van der Waals surface area contributed by atoms with Gasteiger partial charge in [0.05, 0.1) is 6.33 Å². The first-order valence-electron chi connectivity index (χ1n) is 7.24. The highest BCUT2D eigenvalue weighted by Crippen LogP contribution is 2.25. The van der Waals surface area contributed by atoms with Gasteiger partial charge in [0, 0.05) is 20.5 Å². The molecule has 1 amide bonds. The van der Waals surface area contributed by atoms with Crippen LogP contribution in [0, 0.1) is 0 Å². The summed E-state index contributed by atoms with van der Waals surface area (Å²) in [6.07, 6.45) is 5.29. The predicted molar refractivity (Wildman–Crippen MR) is 82.5 cm³/mol. The van der Waals surface area contributed by atoms with Crippen molar-refractivity contribution in [2.24, 2.45) is 0 Å². The van der Waals surface area contributed by atoms with Crippen molar-refractivity contribution in [3.63, 3.8) is 0 Å². The molecule has 2 heterocycles. The van der Waals surface area contributed by atoms with E-state index >= 15 is 0 Å². The Hall–Kier alpha value is -2.57. The van der Waals surface area contributed by atoms with Crippen LogP contribution >= 0.6 is 0 Å². The Morgan fingerprint density at radius 1 is 1.36 bits per heavy atom. The molecule has 2 aromatic heterocycles. The Bertz CT molecular complexity index is 737. The number of carbonyl (C=O) groups excluding carboxylic acids is 1. The lowest BCUT2D eigenvalue weighted by Crippen LogP contribution is -2.24. The largest absolute Gasteiger partial charge is 0.456 e. The molecule has 0 atom stereocenters. The van der Waals surface area contributed by atoms with Gasteiger partial charge in [-0.1, -0.05) is 0 Å². The molecule has 22 heavy (non-hydrogen) atoms. The molecule has 0 bridgehead atoms. The van der Waals surface area contributed by atoms with Crippen molar-refractivity contribution in [2.45, 2.75) is 25.7 Å². The van der Waals surface area contributed by atoms with E-state index in [9.17, 15) is 9.59 Å². The predicted octanol–water partition coefficient (Wildman–Crippen LogP) is 1.56. The van der Waals surface area contributed by atoms with Crippen molar-refractivity contribution in [3.05, 3.63) is 39.8 Å². The van der Waals surface area contributed by atoms with Gasteiger partial charge < -0.3 is 19.6 Å². The maximum atomic E-state index is 12.4. The van der Waals surface area contributed by atoms with E-state index in [1.165, 1.54) is 6.33 Å². The van der Waals surface area contributed by atoms with Crippen LogP contribution in [-0.4, -0.2) is 30.0 Å². The fourth-order valence-corrected chi connectivity index (χ4v) is 2.62. The van der Waals surface area contributed by atoms with Crippen LogP contribution in [0.25, 0.3) is 0 Å². The van der Waals surface area contributed by atoms with Crippen LogP contribution in [0.5, 0.6) is 0 Å². The molecule has 2 aromatic rings. The summed E-state index contributed by atoms with van der Waals surface area (Å²) in [6, 6.07) is 1.77. The van der Waals surface area contributed by atoms with Crippen molar-refractivity contribution in [3.8, 4) is 0 Å². The summed E-state index contributed by atoms with van der Waals surface area (Å²) < 4.78 is 5.62. The number of nitrogens with zero attached hydrogens (tertiary/aromatic N) is 2. The van der Waals surface area contributed by atoms with Crippen LogP contribution < -0.4 is 15.8 Å². The average Bonchev–Trinajstić information content (AvgIpc) is 2.93. The lowest BCUT2D eigenvalue weighted by molar-refractivity contribution is 0.0994. The van der Waals surface area contributed by atoms with Gasteiger partial charge in [0.25, 0.3) is 11.5 Å². The van der Waals surface area contributed by atoms with Crippen molar-refractivity contribution in [1.82, 2.24) is 9.97 Å². The summed E-state index contributed by atoms with van der Waals surface area (Å²) in [6.45, 7) is 0. The van der Waals surface area contributed by atoms with Gasteiger partial charge in [0.2, 0.25) is 0 Å². The highest BCUT2D eigenvalue weighted by Gasteiger charge is 2.21. The first-order valence-corrected chi connectivity index (χ1v) is 7.24. The fraction of sp³-hybridized carbons (Fsp3) is 0.400. The van der Waals surface area contributed by atoms with Crippen molar-refractivity contribution in [1.29, 1.82) is 0 Å². The van der Waals surface area contributed by atoms with Gasteiger partial charge in [-0.3, -0.25) is 9.59 Å². The lowest BCUT2D eigenvalue weighted by Gasteiger charge is -2.14. The minimum Gasteiger partial charge on any atom is -0.456 e. The number of aryl methyl sites for hydroxylation is 2. The van der Waals surface area contributed by atoms with Crippen molar-refractivity contribution >= 4 is 17.4 Å². The van der Waals surface area contributed by atoms with Gasteiger partial charge in [0.15, 0.2) is 17.3 Å². The third-order valence-corrected chi connectivity index (χ3v) is 3.72. The van der Waals surface area contributed by atoms with E-state index in [0.717, 1.165) is 37.0 Å². The standard InChI is InChI=1S/C15H18N4O3/c1-19(2)13-12(15(21)17-8-16-13)18-14(20)11-7-9-5-3-4-6-10(9)22-11/h7-8H,3-6H2,1-2H3,(H,18,20)(H,16,17,21). The summed E-state index contributed by atoms with van der Waals surface area (Å²) in [5.41, 5.74) is 0.805. The zero-order valence-electron chi connectivity index (χ0n) is 12.6. The smallest absolute Gasteiger partial charge is 0.291 e. The molecule has 0 saturated carbocycles. The van der Waals surface area contributed by atoms with Gasteiger partial charge in [-0.2, -0.15) is 0 Å². The molecule has 7 heteroatoms. The first kappa shape index (κ1) is 14.4. The summed E-state index contributed by atoms with van der Waals surface area (Å²) in [5, 5.41) is 2.60.